The third kappa shape index (κ3) is 3.57. The van der Waals surface area contributed by atoms with E-state index in [-0.39, 0.29) is 17.6 Å². The summed E-state index contributed by atoms with van der Waals surface area (Å²) in [5.74, 6) is 3.07. The molecule has 2 heteroatoms. The Morgan fingerprint density at radius 2 is 1.72 bits per heavy atom. The molecule has 0 amide bonds. The summed E-state index contributed by atoms with van der Waals surface area (Å²) in [6.45, 7) is 11.9. The lowest BCUT2D eigenvalue weighted by Crippen LogP contribution is -2.47. The molecule has 8 atom stereocenters. The maximum Gasteiger partial charge on any atom is 0.0578 e. The number of allylic oxidation sites excluding steroid dienone is 3. The minimum atomic E-state index is -0.153. The van der Waals surface area contributed by atoms with Crippen molar-refractivity contribution >= 4 is 0 Å². The first-order valence-corrected chi connectivity index (χ1v) is 12.4. The Hall–Kier alpha value is -0.600. The molecule has 4 aliphatic rings. The van der Waals surface area contributed by atoms with Gasteiger partial charge in [-0.1, -0.05) is 57.9 Å². The smallest absolute Gasteiger partial charge is 0.0578 e. The van der Waals surface area contributed by atoms with Gasteiger partial charge in [-0.3, -0.25) is 0 Å². The van der Waals surface area contributed by atoms with Crippen LogP contribution in [0.5, 0.6) is 0 Å². The summed E-state index contributed by atoms with van der Waals surface area (Å²) in [7, 11) is 0. The van der Waals surface area contributed by atoms with Gasteiger partial charge in [-0.05, 0) is 98.2 Å². The first-order chi connectivity index (χ1) is 13.7. The Balaban J connectivity index is 1.55. The van der Waals surface area contributed by atoms with Crippen molar-refractivity contribution in [3.05, 3.63) is 23.3 Å². The van der Waals surface area contributed by atoms with Gasteiger partial charge in [-0.25, -0.2) is 0 Å². The summed E-state index contributed by atoms with van der Waals surface area (Å²) in [4.78, 5) is 0. The Labute approximate surface area is 178 Å². The van der Waals surface area contributed by atoms with Crippen molar-refractivity contribution in [1.82, 2.24) is 0 Å². The average Bonchev–Trinajstić information content (AvgIpc) is 3.03. The Bertz CT molecular complexity index is 676. The number of rotatable bonds is 5. The highest BCUT2D eigenvalue weighted by molar-refractivity contribution is 5.38. The lowest BCUT2D eigenvalue weighted by Gasteiger charge is -2.55. The maximum absolute atomic E-state index is 10.9. The first kappa shape index (κ1) is 21.6. The fourth-order valence-corrected chi connectivity index (χ4v) is 7.92. The van der Waals surface area contributed by atoms with Gasteiger partial charge in [-0.15, -0.1) is 0 Å². The molecule has 0 spiro atoms. The van der Waals surface area contributed by atoms with Crippen molar-refractivity contribution in [3.8, 4) is 0 Å². The summed E-state index contributed by atoms with van der Waals surface area (Å²) in [5.41, 5.74) is 3.83. The van der Waals surface area contributed by atoms with Gasteiger partial charge in [0.1, 0.15) is 0 Å². The Kier molecular flexibility index (Phi) is 5.84. The molecule has 4 rings (SSSR count). The highest BCUT2D eigenvalue weighted by Crippen LogP contribution is 2.66. The van der Waals surface area contributed by atoms with Crippen molar-refractivity contribution in [1.29, 1.82) is 0 Å². The van der Waals surface area contributed by atoms with E-state index in [1.165, 1.54) is 31.3 Å². The molecule has 29 heavy (non-hydrogen) atoms. The molecule has 0 aromatic rings. The standard InChI is InChI=1S/C27H44O2/c1-17(2)6-11-25(29)18(3)22-9-10-23-21-8-7-19-16-20(28)12-14-26(19,4)24(21)13-15-27(22,23)5/h7-8,17-18,20,22-25,28-29H,6,9-16H2,1-5H3/t18?,20-,22+,23-,24+,25+,26+,27+/m0/s1. The normalized spacial score (nSPS) is 43.7. The third-order valence-corrected chi connectivity index (χ3v) is 9.90. The quantitative estimate of drug-likeness (QED) is 0.570. The van der Waals surface area contributed by atoms with Gasteiger partial charge >= 0.3 is 0 Å². The van der Waals surface area contributed by atoms with E-state index in [1.807, 2.05) is 0 Å². The Morgan fingerprint density at radius 1 is 0.966 bits per heavy atom. The van der Waals surface area contributed by atoms with E-state index < -0.39 is 0 Å². The van der Waals surface area contributed by atoms with Gasteiger partial charge < -0.3 is 10.2 Å². The van der Waals surface area contributed by atoms with Crippen molar-refractivity contribution in [2.24, 2.45) is 40.4 Å². The minimum absolute atomic E-state index is 0.137. The van der Waals surface area contributed by atoms with Crippen LogP contribution in [0.1, 0.15) is 92.4 Å². The number of aliphatic hydroxyl groups excluding tert-OH is 2. The number of hydrogen-bond acceptors (Lipinski definition) is 2. The first-order valence-electron chi connectivity index (χ1n) is 12.4. The zero-order valence-electron chi connectivity index (χ0n) is 19.5. The predicted octanol–water partition coefficient (Wildman–Crippen LogP) is 6.28. The summed E-state index contributed by atoms with van der Waals surface area (Å²) in [6, 6.07) is 0. The van der Waals surface area contributed by atoms with Crippen LogP contribution in [0.25, 0.3) is 0 Å². The van der Waals surface area contributed by atoms with Gasteiger partial charge in [-0.2, -0.15) is 0 Å². The van der Waals surface area contributed by atoms with Crippen LogP contribution >= 0.6 is 0 Å². The highest BCUT2D eigenvalue weighted by atomic mass is 16.3. The van der Waals surface area contributed by atoms with Crippen molar-refractivity contribution in [2.75, 3.05) is 0 Å². The molecule has 2 nitrogen and oxygen atoms in total. The molecule has 0 bridgehead atoms. The second-order valence-electron chi connectivity index (χ2n) is 11.9. The lowest BCUT2D eigenvalue weighted by atomic mass is 9.50. The van der Waals surface area contributed by atoms with E-state index >= 15 is 0 Å². The van der Waals surface area contributed by atoms with Crippen molar-refractivity contribution in [3.63, 3.8) is 0 Å². The van der Waals surface area contributed by atoms with Gasteiger partial charge in [0.05, 0.1) is 12.2 Å². The van der Waals surface area contributed by atoms with Gasteiger partial charge in [0.25, 0.3) is 0 Å². The van der Waals surface area contributed by atoms with E-state index in [9.17, 15) is 10.2 Å². The van der Waals surface area contributed by atoms with Crippen LogP contribution < -0.4 is 0 Å². The summed E-state index contributed by atoms with van der Waals surface area (Å²) < 4.78 is 0. The summed E-state index contributed by atoms with van der Waals surface area (Å²) >= 11 is 0. The van der Waals surface area contributed by atoms with E-state index in [1.54, 1.807) is 5.57 Å². The molecular weight excluding hydrogens is 356 g/mol. The van der Waals surface area contributed by atoms with Gasteiger partial charge in [0.15, 0.2) is 0 Å². The van der Waals surface area contributed by atoms with Crippen LogP contribution in [0.4, 0.5) is 0 Å². The number of fused-ring (bicyclic) bond motifs is 5. The second kappa shape index (κ2) is 7.83. The van der Waals surface area contributed by atoms with Crippen LogP contribution in [-0.4, -0.2) is 22.4 Å². The molecule has 0 heterocycles. The second-order valence-corrected chi connectivity index (χ2v) is 11.9. The molecule has 3 fully saturated rings. The van der Waals surface area contributed by atoms with Crippen LogP contribution in [0.2, 0.25) is 0 Å². The topological polar surface area (TPSA) is 40.5 Å². The molecule has 0 aliphatic heterocycles. The summed E-state index contributed by atoms with van der Waals surface area (Å²) in [6.07, 6.45) is 14.8. The molecular formula is C27H44O2. The Morgan fingerprint density at radius 3 is 2.45 bits per heavy atom. The molecule has 0 radical (unpaired) electrons. The van der Waals surface area contributed by atoms with Crippen LogP contribution in [0.15, 0.2) is 23.3 Å². The van der Waals surface area contributed by atoms with Gasteiger partial charge in [0.2, 0.25) is 0 Å². The monoisotopic (exact) mass is 400 g/mol. The zero-order valence-corrected chi connectivity index (χ0v) is 19.5. The zero-order chi connectivity index (χ0) is 21.0. The maximum atomic E-state index is 10.9. The molecule has 1 unspecified atom stereocenters. The average molecular weight is 401 g/mol. The molecule has 0 aromatic heterocycles. The number of hydrogen-bond donors (Lipinski definition) is 2. The SMILES string of the molecule is CC(C)CC[C@@H](O)C(C)[C@H]1CC[C@H]2C3=CC=C4C[C@@H](O)CC[C@@]4(C)[C@@H]3CC[C@]12C. The highest BCUT2D eigenvalue weighted by Gasteiger charge is 2.57. The lowest BCUT2D eigenvalue weighted by molar-refractivity contribution is -0.00324. The van der Waals surface area contributed by atoms with Gasteiger partial charge in [0, 0.05) is 0 Å². The largest absolute Gasteiger partial charge is 0.393 e. The molecule has 2 N–H and O–H groups in total. The molecule has 4 aliphatic carbocycles. The summed E-state index contributed by atoms with van der Waals surface area (Å²) in [5, 5.41) is 21.1. The fraction of sp³-hybridized carbons (Fsp3) is 0.852. The molecule has 3 saturated carbocycles. The van der Waals surface area contributed by atoms with Crippen LogP contribution in [0, 0.1) is 40.4 Å². The van der Waals surface area contributed by atoms with Crippen LogP contribution in [-0.2, 0) is 0 Å². The van der Waals surface area contributed by atoms with Crippen molar-refractivity contribution < 1.29 is 10.2 Å². The van der Waals surface area contributed by atoms with E-state index in [0.717, 1.165) is 32.1 Å². The molecule has 0 saturated heterocycles. The van der Waals surface area contributed by atoms with Crippen LogP contribution in [0.3, 0.4) is 0 Å². The predicted molar refractivity (Wildman–Crippen MR) is 120 cm³/mol. The van der Waals surface area contributed by atoms with E-state index in [4.69, 9.17) is 0 Å². The third-order valence-electron chi connectivity index (χ3n) is 9.90. The van der Waals surface area contributed by atoms with Crippen molar-refractivity contribution in [2.45, 2.75) is 105 Å². The van der Waals surface area contributed by atoms with E-state index in [0.29, 0.717) is 35.0 Å². The van der Waals surface area contributed by atoms with E-state index in [2.05, 4.69) is 46.8 Å². The number of aliphatic hydroxyl groups is 2. The minimum Gasteiger partial charge on any atom is -0.393 e. The molecule has 0 aromatic carbocycles. The molecule has 164 valence electrons. The fourth-order valence-electron chi connectivity index (χ4n) is 7.92.